The Kier molecular flexibility index (Phi) is 4.32. The van der Waals surface area contributed by atoms with E-state index in [1.165, 1.54) is 12.1 Å². The molecule has 138 valence electrons. The summed E-state index contributed by atoms with van der Waals surface area (Å²) < 4.78 is 37.9. The minimum Gasteiger partial charge on any atom is -0.457 e. The van der Waals surface area contributed by atoms with Crippen molar-refractivity contribution < 1.29 is 22.5 Å². The summed E-state index contributed by atoms with van der Waals surface area (Å²) in [6.45, 7) is 1.81. The third-order valence-corrected chi connectivity index (χ3v) is 6.14. The van der Waals surface area contributed by atoms with Crippen molar-refractivity contribution in [3.63, 3.8) is 0 Å². The Bertz CT molecular complexity index is 942. The van der Waals surface area contributed by atoms with Crippen LogP contribution < -0.4 is 4.72 Å². The minimum absolute atomic E-state index is 0.00569. The van der Waals surface area contributed by atoms with E-state index in [1.54, 1.807) is 19.2 Å². The number of benzene rings is 1. The third-order valence-electron chi connectivity index (χ3n) is 4.62. The van der Waals surface area contributed by atoms with Crippen LogP contribution in [0.2, 0.25) is 0 Å². The van der Waals surface area contributed by atoms with Crippen LogP contribution in [0.5, 0.6) is 0 Å². The Morgan fingerprint density at radius 2 is 2.08 bits per heavy atom. The number of esters is 1. The molecule has 2 fully saturated rings. The topological polar surface area (TPSA) is 98.5 Å². The summed E-state index contributed by atoms with van der Waals surface area (Å²) in [4.78, 5) is 12.6. The van der Waals surface area contributed by atoms with Crippen LogP contribution in [0.25, 0.3) is 0 Å². The molecule has 1 aromatic heterocycles. The van der Waals surface area contributed by atoms with E-state index in [0.717, 1.165) is 37.0 Å². The highest BCUT2D eigenvalue weighted by molar-refractivity contribution is 7.89. The van der Waals surface area contributed by atoms with Crippen LogP contribution in [-0.4, -0.2) is 25.6 Å². The fourth-order valence-electron chi connectivity index (χ4n) is 2.76. The van der Waals surface area contributed by atoms with Gasteiger partial charge >= 0.3 is 5.97 Å². The van der Waals surface area contributed by atoms with E-state index in [1.807, 2.05) is 0 Å². The molecule has 0 unspecified atom stereocenters. The van der Waals surface area contributed by atoms with Crippen LogP contribution in [0.1, 0.15) is 58.8 Å². The molecule has 26 heavy (non-hydrogen) atoms. The molecule has 0 saturated heterocycles. The molecule has 0 atom stereocenters. The lowest BCUT2D eigenvalue weighted by Gasteiger charge is -2.10. The number of ether oxygens (including phenoxy) is 1. The molecule has 2 saturated carbocycles. The van der Waals surface area contributed by atoms with Crippen LogP contribution in [0.15, 0.2) is 33.8 Å². The van der Waals surface area contributed by atoms with Gasteiger partial charge in [-0.1, -0.05) is 11.2 Å². The number of aromatic nitrogens is 1. The molecule has 0 bridgehead atoms. The number of hydrogen-bond acceptors (Lipinski definition) is 6. The molecule has 0 aliphatic heterocycles. The lowest BCUT2D eigenvalue weighted by molar-refractivity contribution is 0.0469. The highest BCUT2D eigenvalue weighted by Gasteiger charge is 2.31. The SMILES string of the molecule is Cc1ccc(S(=O)(=O)NC2CC2)cc1C(=O)OCc1cnoc1C1CC1. The summed E-state index contributed by atoms with van der Waals surface area (Å²) in [6, 6.07) is 4.50. The lowest BCUT2D eigenvalue weighted by atomic mass is 10.1. The molecule has 0 spiro atoms. The van der Waals surface area contributed by atoms with Gasteiger partial charge in [0.1, 0.15) is 12.4 Å². The number of aryl methyl sites for hydroxylation is 1. The summed E-state index contributed by atoms with van der Waals surface area (Å²) in [5.41, 5.74) is 1.67. The van der Waals surface area contributed by atoms with Crippen LogP contribution >= 0.6 is 0 Å². The van der Waals surface area contributed by atoms with Crippen LogP contribution in [0, 0.1) is 6.92 Å². The van der Waals surface area contributed by atoms with Crippen molar-refractivity contribution in [1.82, 2.24) is 9.88 Å². The standard InChI is InChI=1S/C18H20N2O5S/c1-11-2-7-15(26(22,23)20-14-5-6-14)8-16(11)18(21)24-10-13-9-19-25-17(13)12-3-4-12/h2,7-9,12,14,20H,3-6,10H2,1H3. The lowest BCUT2D eigenvalue weighted by Crippen LogP contribution is -2.26. The molecule has 2 aliphatic carbocycles. The van der Waals surface area contributed by atoms with Crippen LogP contribution in [0.3, 0.4) is 0 Å². The van der Waals surface area contributed by atoms with Gasteiger partial charge in [-0.3, -0.25) is 0 Å². The van der Waals surface area contributed by atoms with E-state index in [-0.39, 0.29) is 23.1 Å². The van der Waals surface area contributed by atoms with Gasteiger partial charge in [0.2, 0.25) is 10.0 Å². The Labute approximate surface area is 151 Å². The fourth-order valence-corrected chi connectivity index (χ4v) is 4.09. The predicted octanol–water partition coefficient (Wildman–Crippen LogP) is 2.66. The first-order chi connectivity index (χ1) is 12.4. The average Bonchev–Trinajstić information content (AvgIpc) is 3.54. The molecule has 4 rings (SSSR count). The number of rotatable bonds is 7. The van der Waals surface area contributed by atoms with Crippen LogP contribution in [0.4, 0.5) is 0 Å². The van der Waals surface area contributed by atoms with E-state index < -0.39 is 16.0 Å². The molecule has 1 N–H and O–H groups in total. The first-order valence-corrected chi connectivity index (χ1v) is 10.2. The van der Waals surface area contributed by atoms with Crippen molar-refractivity contribution in [2.45, 2.75) is 56.1 Å². The summed E-state index contributed by atoms with van der Waals surface area (Å²) in [6.07, 6.45) is 5.38. The number of sulfonamides is 1. The maximum atomic E-state index is 12.5. The second kappa shape index (κ2) is 6.51. The first kappa shape index (κ1) is 17.2. The molecule has 7 nitrogen and oxygen atoms in total. The van der Waals surface area contributed by atoms with Crippen molar-refractivity contribution >= 4 is 16.0 Å². The third kappa shape index (κ3) is 3.66. The largest absolute Gasteiger partial charge is 0.457 e. The van der Waals surface area contributed by atoms with Gasteiger partial charge < -0.3 is 9.26 Å². The zero-order valence-corrected chi connectivity index (χ0v) is 15.2. The minimum atomic E-state index is -3.62. The molecule has 8 heteroatoms. The summed E-state index contributed by atoms with van der Waals surface area (Å²) in [5.74, 6) is 0.586. The number of carbonyl (C=O) groups excluding carboxylic acids is 1. The van der Waals surface area contributed by atoms with E-state index in [9.17, 15) is 13.2 Å². The van der Waals surface area contributed by atoms with Crippen molar-refractivity contribution in [3.8, 4) is 0 Å². The van der Waals surface area contributed by atoms with Crippen LogP contribution in [-0.2, 0) is 21.4 Å². The molecule has 2 aromatic rings. The normalized spacial score (nSPS) is 17.3. The Balaban J connectivity index is 1.49. The Morgan fingerprint density at radius 3 is 2.77 bits per heavy atom. The van der Waals surface area contributed by atoms with E-state index in [2.05, 4.69) is 9.88 Å². The fraction of sp³-hybridized carbons (Fsp3) is 0.444. The first-order valence-electron chi connectivity index (χ1n) is 8.67. The van der Waals surface area contributed by atoms with Gasteiger partial charge in [0.25, 0.3) is 0 Å². The number of carbonyl (C=O) groups is 1. The highest BCUT2D eigenvalue weighted by atomic mass is 32.2. The van der Waals surface area contributed by atoms with Crippen molar-refractivity contribution in [2.75, 3.05) is 0 Å². The molecule has 1 aromatic carbocycles. The Morgan fingerprint density at radius 1 is 1.31 bits per heavy atom. The van der Waals surface area contributed by atoms with Gasteiger partial charge in [-0.2, -0.15) is 0 Å². The number of nitrogens with zero attached hydrogens (tertiary/aromatic N) is 1. The van der Waals surface area contributed by atoms with E-state index >= 15 is 0 Å². The van der Waals surface area contributed by atoms with Gasteiger partial charge in [-0.15, -0.1) is 0 Å². The molecular formula is C18H20N2O5S. The van der Waals surface area contributed by atoms with Crippen molar-refractivity contribution in [2.24, 2.45) is 0 Å². The van der Waals surface area contributed by atoms with Gasteiger partial charge in [0, 0.05) is 12.0 Å². The van der Waals surface area contributed by atoms with Gasteiger partial charge in [0.15, 0.2) is 0 Å². The zero-order chi connectivity index (χ0) is 18.3. The highest BCUT2D eigenvalue weighted by Crippen LogP contribution is 2.41. The zero-order valence-electron chi connectivity index (χ0n) is 14.4. The van der Waals surface area contributed by atoms with E-state index in [0.29, 0.717) is 11.5 Å². The molecule has 0 radical (unpaired) electrons. The molecule has 1 heterocycles. The number of hydrogen-bond donors (Lipinski definition) is 1. The maximum Gasteiger partial charge on any atom is 0.338 e. The Hall–Kier alpha value is -2.19. The molecule has 0 amide bonds. The smallest absolute Gasteiger partial charge is 0.338 e. The summed E-state index contributed by atoms with van der Waals surface area (Å²) in [7, 11) is -3.62. The van der Waals surface area contributed by atoms with Gasteiger partial charge in [0.05, 0.1) is 22.2 Å². The quantitative estimate of drug-likeness (QED) is 0.746. The van der Waals surface area contributed by atoms with E-state index in [4.69, 9.17) is 9.26 Å². The second-order valence-corrected chi connectivity index (χ2v) is 8.65. The van der Waals surface area contributed by atoms with Crippen molar-refractivity contribution in [1.29, 1.82) is 0 Å². The second-order valence-electron chi connectivity index (χ2n) is 6.94. The van der Waals surface area contributed by atoms with Gasteiger partial charge in [-0.05, 0) is 50.3 Å². The number of nitrogens with one attached hydrogen (secondary N) is 1. The average molecular weight is 376 g/mol. The summed E-state index contributed by atoms with van der Waals surface area (Å²) in [5, 5.41) is 3.78. The van der Waals surface area contributed by atoms with Crippen molar-refractivity contribution in [3.05, 3.63) is 46.8 Å². The summed E-state index contributed by atoms with van der Waals surface area (Å²) >= 11 is 0. The predicted molar refractivity (Wildman–Crippen MR) is 92.1 cm³/mol. The van der Waals surface area contributed by atoms with Gasteiger partial charge in [-0.25, -0.2) is 17.9 Å². The molecule has 2 aliphatic rings. The monoisotopic (exact) mass is 376 g/mol. The maximum absolute atomic E-state index is 12.5. The molecular weight excluding hydrogens is 356 g/mol.